The van der Waals surface area contributed by atoms with Crippen molar-refractivity contribution >= 4 is 29.2 Å². The first-order valence-corrected chi connectivity index (χ1v) is 6.07. The number of benzene rings is 2. The Kier molecular flexibility index (Phi) is 2.87. The molecule has 2 aromatic carbocycles. The standard InChI is InChI=1S/C15H11ClN2/c16-13-7-3-2-6-12(13)15-10-17-9-11-5-1-4-8-14(11)18-15/h1-10,18H. The van der Waals surface area contributed by atoms with E-state index in [1.807, 2.05) is 54.7 Å². The van der Waals surface area contributed by atoms with Gasteiger partial charge in [-0.3, -0.25) is 4.99 Å². The molecular weight excluding hydrogens is 244 g/mol. The molecule has 0 spiro atoms. The van der Waals surface area contributed by atoms with E-state index in [0.717, 1.165) is 22.5 Å². The lowest BCUT2D eigenvalue weighted by atomic mass is 10.1. The number of para-hydroxylation sites is 1. The number of halogens is 1. The molecule has 1 heterocycles. The molecule has 0 fully saturated rings. The average molecular weight is 255 g/mol. The maximum atomic E-state index is 6.21. The summed E-state index contributed by atoms with van der Waals surface area (Å²) in [6.45, 7) is 0. The third-order valence-corrected chi connectivity index (χ3v) is 3.14. The second kappa shape index (κ2) is 4.67. The molecule has 88 valence electrons. The van der Waals surface area contributed by atoms with Crippen LogP contribution in [0.15, 0.2) is 59.7 Å². The Balaban J connectivity index is 2.05. The summed E-state index contributed by atoms with van der Waals surface area (Å²) in [5.41, 5.74) is 3.95. The van der Waals surface area contributed by atoms with E-state index in [1.54, 1.807) is 6.20 Å². The van der Waals surface area contributed by atoms with Crippen LogP contribution in [0.2, 0.25) is 5.02 Å². The molecule has 3 rings (SSSR count). The van der Waals surface area contributed by atoms with Crippen molar-refractivity contribution in [1.29, 1.82) is 0 Å². The number of fused-ring (bicyclic) bond motifs is 1. The number of hydrogen-bond acceptors (Lipinski definition) is 2. The first kappa shape index (κ1) is 11.1. The minimum Gasteiger partial charge on any atom is -0.353 e. The Morgan fingerprint density at radius 1 is 0.944 bits per heavy atom. The van der Waals surface area contributed by atoms with Crippen molar-refractivity contribution in [2.24, 2.45) is 4.99 Å². The molecule has 2 nitrogen and oxygen atoms in total. The fourth-order valence-electron chi connectivity index (χ4n) is 1.91. The summed E-state index contributed by atoms with van der Waals surface area (Å²) >= 11 is 6.21. The Hall–Kier alpha value is -2.06. The Labute approximate surface area is 111 Å². The van der Waals surface area contributed by atoms with Crippen molar-refractivity contribution in [3.05, 3.63) is 70.9 Å². The molecule has 3 heteroatoms. The summed E-state index contributed by atoms with van der Waals surface area (Å²) in [7, 11) is 0. The van der Waals surface area contributed by atoms with Gasteiger partial charge in [0.1, 0.15) is 0 Å². The highest BCUT2D eigenvalue weighted by molar-refractivity contribution is 6.32. The molecule has 1 aliphatic heterocycles. The van der Waals surface area contributed by atoms with Gasteiger partial charge in [-0.2, -0.15) is 0 Å². The van der Waals surface area contributed by atoms with Crippen LogP contribution in [0.1, 0.15) is 11.1 Å². The molecule has 0 aliphatic carbocycles. The zero-order valence-electron chi connectivity index (χ0n) is 9.60. The van der Waals surface area contributed by atoms with Crippen molar-refractivity contribution < 1.29 is 0 Å². The van der Waals surface area contributed by atoms with E-state index >= 15 is 0 Å². The lowest BCUT2D eigenvalue weighted by molar-refractivity contribution is 1.51. The molecule has 0 saturated heterocycles. The third-order valence-electron chi connectivity index (χ3n) is 2.81. The van der Waals surface area contributed by atoms with Gasteiger partial charge in [-0.1, -0.05) is 48.0 Å². The van der Waals surface area contributed by atoms with Gasteiger partial charge >= 0.3 is 0 Å². The van der Waals surface area contributed by atoms with E-state index in [0.29, 0.717) is 5.02 Å². The summed E-state index contributed by atoms with van der Waals surface area (Å²) in [5, 5.41) is 4.08. The number of nitrogens with one attached hydrogen (secondary N) is 1. The fraction of sp³-hybridized carbons (Fsp3) is 0. The van der Waals surface area contributed by atoms with E-state index in [1.165, 1.54) is 0 Å². The van der Waals surface area contributed by atoms with Crippen molar-refractivity contribution in [3.63, 3.8) is 0 Å². The molecule has 0 saturated carbocycles. The molecular formula is C15H11ClN2. The molecule has 0 radical (unpaired) electrons. The minimum atomic E-state index is 0.714. The lowest BCUT2D eigenvalue weighted by Gasteiger charge is -2.12. The molecule has 0 atom stereocenters. The van der Waals surface area contributed by atoms with E-state index in [4.69, 9.17) is 11.6 Å². The normalized spacial score (nSPS) is 13.3. The highest BCUT2D eigenvalue weighted by atomic mass is 35.5. The van der Waals surface area contributed by atoms with Gasteiger partial charge in [-0.25, -0.2) is 0 Å². The molecule has 0 unspecified atom stereocenters. The van der Waals surface area contributed by atoms with Crippen LogP contribution in [0.3, 0.4) is 0 Å². The maximum absolute atomic E-state index is 6.21. The second-order valence-corrected chi connectivity index (χ2v) is 4.42. The summed E-state index contributed by atoms with van der Waals surface area (Å²) in [5.74, 6) is 0. The summed E-state index contributed by atoms with van der Waals surface area (Å²) in [6, 6.07) is 15.8. The lowest BCUT2D eigenvalue weighted by Crippen LogP contribution is -2.00. The van der Waals surface area contributed by atoms with E-state index in [9.17, 15) is 0 Å². The fourth-order valence-corrected chi connectivity index (χ4v) is 2.15. The van der Waals surface area contributed by atoms with Gasteiger partial charge in [-0.15, -0.1) is 0 Å². The molecule has 1 N–H and O–H groups in total. The van der Waals surface area contributed by atoms with Gasteiger partial charge in [-0.05, 0) is 12.1 Å². The number of rotatable bonds is 1. The van der Waals surface area contributed by atoms with E-state index in [2.05, 4.69) is 10.3 Å². The largest absolute Gasteiger partial charge is 0.353 e. The van der Waals surface area contributed by atoms with Gasteiger partial charge in [0.25, 0.3) is 0 Å². The Bertz CT molecular complexity index is 644. The van der Waals surface area contributed by atoms with Crippen molar-refractivity contribution in [2.75, 3.05) is 5.32 Å². The smallest absolute Gasteiger partial charge is 0.0659 e. The van der Waals surface area contributed by atoms with Crippen LogP contribution in [-0.4, -0.2) is 6.21 Å². The molecule has 0 aromatic heterocycles. The average Bonchev–Trinajstić information content (AvgIpc) is 2.61. The van der Waals surface area contributed by atoms with Gasteiger partial charge in [0.2, 0.25) is 0 Å². The summed E-state index contributed by atoms with van der Waals surface area (Å²) < 4.78 is 0. The van der Waals surface area contributed by atoms with Crippen LogP contribution < -0.4 is 5.32 Å². The van der Waals surface area contributed by atoms with Gasteiger partial charge < -0.3 is 5.32 Å². The van der Waals surface area contributed by atoms with Crippen molar-refractivity contribution in [3.8, 4) is 0 Å². The predicted molar refractivity (Wildman–Crippen MR) is 77.1 cm³/mol. The van der Waals surface area contributed by atoms with Crippen LogP contribution in [0.25, 0.3) is 5.70 Å². The zero-order chi connectivity index (χ0) is 12.4. The van der Waals surface area contributed by atoms with Crippen LogP contribution >= 0.6 is 11.6 Å². The van der Waals surface area contributed by atoms with Gasteiger partial charge in [0, 0.05) is 28.1 Å². The molecule has 0 amide bonds. The molecule has 1 aliphatic rings. The predicted octanol–water partition coefficient (Wildman–Crippen LogP) is 4.18. The number of nitrogens with zero attached hydrogens (tertiary/aromatic N) is 1. The van der Waals surface area contributed by atoms with Crippen LogP contribution in [0, 0.1) is 0 Å². The van der Waals surface area contributed by atoms with Crippen LogP contribution in [-0.2, 0) is 0 Å². The Morgan fingerprint density at radius 3 is 2.61 bits per heavy atom. The third kappa shape index (κ3) is 2.03. The van der Waals surface area contributed by atoms with Crippen molar-refractivity contribution in [2.45, 2.75) is 0 Å². The molecule has 18 heavy (non-hydrogen) atoms. The summed E-state index contributed by atoms with van der Waals surface area (Å²) in [4.78, 5) is 4.30. The number of anilines is 1. The monoisotopic (exact) mass is 254 g/mol. The van der Waals surface area contributed by atoms with Gasteiger partial charge in [0.05, 0.1) is 11.9 Å². The number of aliphatic imine (C=N–C) groups is 1. The minimum absolute atomic E-state index is 0.714. The summed E-state index contributed by atoms with van der Waals surface area (Å²) in [6.07, 6.45) is 3.63. The topological polar surface area (TPSA) is 24.4 Å². The first-order chi connectivity index (χ1) is 8.84. The van der Waals surface area contributed by atoms with Crippen LogP contribution in [0.5, 0.6) is 0 Å². The van der Waals surface area contributed by atoms with E-state index < -0.39 is 0 Å². The van der Waals surface area contributed by atoms with Crippen molar-refractivity contribution in [1.82, 2.24) is 0 Å². The Morgan fingerprint density at radius 2 is 1.72 bits per heavy atom. The maximum Gasteiger partial charge on any atom is 0.0659 e. The van der Waals surface area contributed by atoms with Gasteiger partial charge in [0.15, 0.2) is 0 Å². The highest BCUT2D eigenvalue weighted by Gasteiger charge is 2.09. The molecule has 0 bridgehead atoms. The number of hydrogen-bond donors (Lipinski definition) is 1. The first-order valence-electron chi connectivity index (χ1n) is 5.69. The molecule has 2 aromatic rings. The zero-order valence-corrected chi connectivity index (χ0v) is 10.4. The van der Waals surface area contributed by atoms with Crippen LogP contribution in [0.4, 0.5) is 5.69 Å². The quantitative estimate of drug-likeness (QED) is 0.811. The SMILES string of the molecule is Clc1ccccc1C1=CN=Cc2ccccc2N1. The highest BCUT2D eigenvalue weighted by Crippen LogP contribution is 2.27. The second-order valence-electron chi connectivity index (χ2n) is 4.01. The van der Waals surface area contributed by atoms with E-state index in [-0.39, 0.29) is 0 Å².